The Morgan fingerprint density at radius 2 is 2.08 bits per heavy atom. The number of nitrogens with zero attached hydrogens (tertiary/aromatic N) is 3. The molecule has 0 bridgehead atoms. The summed E-state index contributed by atoms with van der Waals surface area (Å²) in [5.74, 6) is -0.252. The van der Waals surface area contributed by atoms with Crippen LogP contribution in [0.1, 0.15) is 24.0 Å². The molecule has 0 saturated carbocycles. The van der Waals surface area contributed by atoms with Crippen LogP contribution < -0.4 is 16.8 Å². The molecule has 0 aliphatic carbocycles. The third kappa shape index (κ3) is 2.88. The summed E-state index contributed by atoms with van der Waals surface area (Å²) in [4.78, 5) is 4.86. The highest BCUT2D eigenvalue weighted by Gasteiger charge is 2.33. The largest absolute Gasteiger partial charge is 0.404 e. The minimum atomic E-state index is -0.510. The minimum absolute atomic E-state index is 0.164. The van der Waals surface area contributed by atoms with E-state index in [2.05, 4.69) is 35.1 Å². The summed E-state index contributed by atoms with van der Waals surface area (Å²) in [5, 5.41) is 22.1. The van der Waals surface area contributed by atoms with Crippen molar-refractivity contribution in [1.29, 1.82) is 10.5 Å². The topological polar surface area (TPSA) is 124 Å². The van der Waals surface area contributed by atoms with E-state index in [0.717, 1.165) is 0 Å². The molecule has 2 unspecified atom stereocenters. The summed E-state index contributed by atoms with van der Waals surface area (Å²) in [6.45, 7) is 1.89. The molecule has 2 atom stereocenters. The standard InChI is InChI=1S/C17H18N6S/c1-9(22-2)15-12(7-19)14(13(8-20)17(21)23-15)11-5-3-4-10(6-18)16(11)24/h3-5,8-9,14,22,24H,20H2,1-2H3,(H2,21,23)/b13-8-. The molecule has 5 N–H and O–H groups in total. The molecule has 1 aliphatic rings. The number of rotatable bonds is 3. The average molecular weight is 338 g/mol. The Labute approximate surface area is 146 Å². The van der Waals surface area contributed by atoms with Crippen LogP contribution in [0.4, 0.5) is 0 Å². The number of nitrogens with two attached hydrogens (primary N) is 2. The predicted octanol–water partition coefficient (Wildman–Crippen LogP) is 1.53. The smallest absolute Gasteiger partial charge is 0.129 e. The number of likely N-dealkylation sites (N-methyl/N-ethyl adjacent to an activating group) is 1. The lowest BCUT2D eigenvalue weighted by Crippen LogP contribution is -2.32. The van der Waals surface area contributed by atoms with E-state index in [-0.39, 0.29) is 11.9 Å². The molecule has 0 fully saturated rings. The summed E-state index contributed by atoms with van der Waals surface area (Å²) in [7, 11) is 1.78. The predicted molar refractivity (Wildman–Crippen MR) is 96.2 cm³/mol. The van der Waals surface area contributed by atoms with E-state index >= 15 is 0 Å². The van der Waals surface area contributed by atoms with Crippen LogP contribution in [0.15, 0.2) is 51.1 Å². The van der Waals surface area contributed by atoms with Crippen molar-refractivity contribution < 1.29 is 0 Å². The summed E-state index contributed by atoms with van der Waals surface area (Å²) < 4.78 is 0. The second-order valence-electron chi connectivity index (χ2n) is 5.33. The molecule has 0 amide bonds. The van der Waals surface area contributed by atoms with Crippen LogP contribution in [0.3, 0.4) is 0 Å². The minimum Gasteiger partial charge on any atom is -0.404 e. The van der Waals surface area contributed by atoms with E-state index in [9.17, 15) is 10.5 Å². The third-order valence-electron chi connectivity index (χ3n) is 4.05. The zero-order valence-corrected chi connectivity index (χ0v) is 14.3. The van der Waals surface area contributed by atoms with Crippen molar-refractivity contribution in [2.24, 2.45) is 16.5 Å². The number of allylic oxidation sites excluding steroid dienone is 1. The Kier molecular flexibility index (Phi) is 5.30. The summed E-state index contributed by atoms with van der Waals surface area (Å²) in [6.07, 6.45) is 1.36. The number of benzene rings is 1. The summed E-state index contributed by atoms with van der Waals surface area (Å²) >= 11 is 4.48. The SMILES string of the molecule is CNC(C)C1=C(C#N)C(c2cccc(C#N)c2S)/C(=C/N)C(N)=N1. The highest BCUT2D eigenvalue weighted by Crippen LogP contribution is 2.40. The van der Waals surface area contributed by atoms with Crippen molar-refractivity contribution in [3.05, 3.63) is 52.4 Å². The zero-order chi connectivity index (χ0) is 17.9. The quantitative estimate of drug-likeness (QED) is 0.622. The molecular formula is C17H18N6S. The Morgan fingerprint density at radius 1 is 1.38 bits per heavy atom. The first kappa shape index (κ1) is 17.6. The first-order chi connectivity index (χ1) is 11.5. The van der Waals surface area contributed by atoms with Crippen molar-refractivity contribution >= 4 is 18.5 Å². The lowest BCUT2D eigenvalue weighted by atomic mass is 9.80. The van der Waals surface area contributed by atoms with Gasteiger partial charge >= 0.3 is 0 Å². The van der Waals surface area contributed by atoms with E-state index in [1.165, 1.54) is 6.20 Å². The van der Waals surface area contributed by atoms with Gasteiger partial charge in [-0.2, -0.15) is 10.5 Å². The molecule has 1 aromatic carbocycles. The molecule has 1 heterocycles. The number of nitrogens with one attached hydrogen (secondary N) is 1. The highest BCUT2D eigenvalue weighted by atomic mass is 32.1. The second kappa shape index (κ2) is 7.22. The third-order valence-corrected chi connectivity index (χ3v) is 4.55. The van der Waals surface area contributed by atoms with Gasteiger partial charge in [-0.15, -0.1) is 12.6 Å². The van der Waals surface area contributed by atoms with E-state index < -0.39 is 5.92 Å². The monoisotopic (exact) mass is 338 g/mol. The summed E-state index contributed by atoms with van der Waals surface area (Å²) in [6, 6.07) is 9.40. The second-order valence-corrected chi connectivity index (χ2v) is 5.78. The summed E-state index contributed by atoms with van der Waals surface area (Å²) in [5.41, 5.74) is 14.5. The first-order valence-electron chi connectivity index (χ1n) is 7.29. The van der Waals surface area contributed by atoms with Gasteiger partial charge in [0.1, 0.15) is 11.9 Å². The van der Waals surface area contributed by atoms with Gasteiger partial charge in [-0.25, -0.2) is 4.99 Å². The number of nitriles is 2. The molecule has 1 aliphatic heterocycles. The Morgan fingerprint density at radius 3 is 2.62 bits per heavy atom. The van der Waals surface area contributed by atoms with Gasteiger partial charge in [-0.1, -0.05) is 12.1 Å². The van der Waals surface area contributed by atoms with Crippen molar-refractivity contribution in [1.82, 2.24) is 5.32 Å². The maximum Gasteiger partial charge on any atom is 0.129 e. The van der Waals surface area contributed by atoms with Gasteiger partial charge in [0, 0.05) is 22.7 Å². The maximum atomic E-state index is 9.75. The van der Waals surface area contributed by atoms with Crippen molar-refractivity contribution in [3.8, 4) is 12.1 Å². The normalized spacial score (nSPS) is 20.3. The lowest BCUT2D eigenvalue weighted by molar-refractivity contribution is 0.669. The molecule has 1 aromatic rings. The van der Waals surface area contributed by atoms with Crippen LogP contribution in [-0.4, -0.2) is 18.9 Å². The molecule has 0 spiro atoms. The van der Waals surface area contributed by atoms with Crippen molar-refractivity contribution in [3.63, 3.8) is 0 Å². The molecule has 6 nitrogen and oxygen atoms in total. The first-order valence-corrected chi connectivity index (χ1v) is 7.74. The zero-order valence-electron chi connectivity index (χ0n) is 13.4. The van der Waals surface area contributed by atoms with Crippen molar-refractivity contribution in [2.75, 3.05) is 7.05 Å². The fourth-order valence-corrected chi connectivity index (χ4v) is 3.01. The molecule has 2 rings (SSSR count). The number of hydrogen-bond acceptors (Lipinski definition) is 7. The van der Waals surface area contributed by atoms with Gasteiger partial charge < -0.3 is 16.8 Å². The van der Waals surface area contributed by atoms with Crippen molar-refractivity contribution in [2.45, 2.75) is 23.8 Å². The fourth-order valence-electron chi connectivity index (χ4n) is 2.68. The molecule has 0 radical (unpaired) electrons. The number of thiol groups is 1. The van der Waals surface area contributed by atoms with E-state index in [1.807, 2.05) is 13.0 Å². The number of hydrogen-bond donors (Lipinski definition) is 4. The van der Waals surface area contributed by atoms with Gasteiger partial charge in [-0.05, 0) is 25.6 Å². The molecule has 0 aromatic heterocycles. The Balaban J connectivity index is 2.79. The van der Waals surface area contributed by atoms with Crippen LogP contribution in [0, 0.1) is 22.7 Å². The molecule has 7 heteroatoms. The maximum absolute atomic E-state index is 9.75. The van der Waals surface area contributed by atoms with Crippen LogP contribution in [0.2, 0.25) is 0 Å². The fraction of sp³-hybridized carbons (Fsp3) is 0.235. The van der Waals surface area contributed by atoms with E-state index in [1.54, 1.807) is 19.2 Å². The Bertz CT molecular complexity index is 838. The molecule has 24 heavy (non-hydrogen) atoms. The number of aliphatic imine (C=N–C) groups is 1. The van der Waals surface area contributed by atoms with Gasteiger partial charge in [-0.3, -0.25) is 0 Å². The molecule has 122 valence electrons. The highest BCUT2D eigenvalue weighted by molar-refractivity contribution is 7.80. The average Bonchev–Trinajstić information content (AvgIpc) is 2.60. The van der Waals surface area contributed by atoms with Crippen LogP contribution in [-0.2, 0) is 0 Å². The molecular weight excluding hydrogens is 320 g/mol. The molecule has 0 saturated heterocycles. The number of amidine groups is 1. The van der Waals surface area contributed by atoms with Gasteiger partial charge in [0.05, 0.1) is 28.8 Å². The van der Waals surface area contributed by atoms with Gasteiger partial charge in [0.15, 0.2) is 0 Å². The van der Waals surface area contributed by atoms with E-state index in [4.69, 9.17) is 11.5 Å². The van der Waals surface area contributed by atoms with Gasteiger partial charge in [0.2, 0.25) is 0 Å². The lowest BCUT2D eigenvalue weighted by Gasteiger charge is -2.28. The Hall–Kier alpha value is -2.74. The van der Waals surface area contributed by atoms with Crippen LogP contribution in [0.25, 0.3) is 0 Å². The van der Waals surface area contributed by atoms with Crippen LogP contribution in [0.5, 0.6) is 0 Å². The van der Waals surface area contributed by atoms with E-state index in [0.29, 0.717) is 32.9 Å². The van der Waals surface area contributed by atoms with Crippen LogP contribution >= 0.6 is 12.6 Å². The van der Waals surface area contributed by atoms with Gasteiger partial charge in [0.25, 0.3) is 0 Å².